The number of ether oxygens (including phenoxy) is 1. The molecule has 0 aromatic rings. The highest BCUT2D eigenvalue weighted by atomic mass is 16.5. The Morgan fingerprint density at radius 3 is 2.17 bits per heavy atom. The van der Waals surface area contributed by atoms with Gasteiger partial charge in [0.2, 0.25) is 0 Å². The second-order valence-corrected chi connectivity index (χ2v) is 3.83. The van der Waals surface area contributed by atoms with Crippen molar-refractivity contribution < 1.29 is 4.74 Å². The molecule has 0 saturated heterocycles. The minimum atomic E-state index is -0.500. The summed E-state index contributed by atoms with van der Waals surface area (Å²) < 4.78 is 5.25. The molecule has 0 saturated carbocycles. The van der Waals surface area contributed by atoms with E-state index in [2.05, 4.69) is 11.4 Å². The maximum Gasteiger partial charge on any atom is 0.106 e. The topological polar surface area (TPSA) is 45.0 Å². The third kappa shape index (κ3) is 3.21. The van der Waals surface area contributed by atoms with Gasteiger partial charge >= 0.3 is 0 Å². The van der Waals surface area contributed by atoms with Gasteiger partial charge in [-0.3, -0.25) is 0 Å². The molecule has 1 atom stereocenters. The normalized spacial score (nSPS) is 16.7. The Labute approximate surface area is 74.7 Å². The number of rotatable bonds is 4. The van der Waals surface area contributed by atoms with Gasteiger partial charge in [-0.15, -0.1) is 0 Å². The van der Waals surface area contributed by atoms with E-state index < -0.39 is 5.54 Å². The van der Waals surface area contributed by atoms with E-state index >= 15 is 0 Å². The van der Waals surface area contributed by atoms with Gasteiger partial charge in [-0.2, -0.15) is 5.26 Å². The first-order valence-corrected chi connectivity index (χ1v) is 4.04. The Balaban J connectivity index is 4.33. The smallest absolute Gasteiger partial charge is 0.106 e. The SMILES string of the molecule is CNC(C)(C#N)CC(C)(C)OC. The number of nitrogens with one attached hydrogen (secondary N) is 1. The first-order valence-electron chi connectivity index (χ1n) is 4.04. The van der Waals surface area contributed by atoms with Crippen LogP contribution in [0.3, 0.4) is 0 Å². The van der Waals surface area contributed by atoms with Gasteiger partial charge in [0.25, 0.3) is 0 Å². The van der Waals surface area contributed by atoms with Crippen molar-refractivity contribution in [3.05, 3.63) is 0 Å². The van der Waals surface area contributed by atoms with Crippen molar-refractivity contribution in [3.63, 3.8) is 0 Å². The van der Waals surface area contributed by atoms with E-state index in [1.165, 1.54) is 0 Å². The number of nitrogens with zero attached hydrogens (tertiary/aromatic N) is 1. The lowest BCUT2D eigenvalue weighted by Crippen LogP contribution is -2.45. The maximum absolute atomic E-state index is 8.88. The molecular weight excluding hydrogens is 152 g/mol. The summed E-state index contributed by atoms with van der Waals surface area (Å²) in [4.78, 5) is 0. The molecule has 0 bridgehead atoms. The second-order valence-electron chi connectivity index (χ2n) is 3.83. The summed E-state index contributed by atoms with van der Waals surface area (Å²) >= 11 is 0. The van der Waals surface area contributed by atoms with Crippen molar-refractivity contribution in [3.8, 4) is 6.07 Å². The van der Waals surface area contributed by atoms with Crippen molar-refractivity contribution in [2.24, 2.45) is 0 Å². The third-order valence-corrected chi connectivity index (χ3v) is 2.13. The van der Waals surface area contributed by atoms with Gasteiger partial charge in [0, 0.05) is 13.5 Å². The highest BCUT2D eigenvalue weighted by molar-refractivity contribution is 5.05. The summed E-state index contributed by atoms with van der Waals surface area (Å²) in [5, 5.41) is 11.9. The van der Waals surface area contributed by atoms with Gasteiger partial charge in [-0.25, -0.2) is 0 Å². The molecule has 0 radical (unpaired) electrons. The van der Waals surface area contributed by atoms with Gasteiger partial charge in [0.05, 0.1) is 11.7 Å². The molecule has 12 heavy (non-hydrogen) atoms. The van der Waals surface area contributed by atoms with Gasteiger partial charge in [-0.05, 0) is 27.8 Å². The number of nitriles is 1. The predicted octanol–water partition coefficient (Wildman–Crippen LogP) is 1.30. The zero-order chi connectivity index (χ0) is 9.83. The second kappa shape index (κ2) is 3.88. The largest absolute Gasteiger partial charge is 0.379 e. The van der Waals surface area contributed by atoms with E-state index in [4.69, 9.17) is 10.00 Å². The molecule has 0 amide bonds. The first-order chi connectivity index (χ1) is 5.39. The summed E-state index contributed by atoms with van der Waals surface area (Å²) in [7, 11) is 3.45. The Hall–Kier alpha value is -0.590. The quantitative estimate of drug-likeness (QED) is 0.691. The molecule has 0 spiro atoms. The lowest BCUT2D eigenvalue weighted by molar-refractivity contribution is 0.00200. The van der Waals surface area contributed by atoms with Crippen molar-refractivity contribution in [2.75, 3.05) is 14.2 Å². The first kappa shape index (κ1) is 11.4. The lowest BCUT2D eigenvalue weighted by Gasteiger charge is -2.31. The molecule has 0 fully saturated rings. The van der Waals surface area contributed by atoms with Crippen LogP contribution in [-0.4, -0.2) is 25.3 Å². The van der Waals surface area contributed by atoms with E-state index in [-0.39, 0.29) is 5.60 Å². The predicted molar refractivity (Wildman–Crippen MR) is 48.8 cm³/mol. The van der Waals surface area contributed by atoms with Crippen LogP contribution in [-0.2, 0) is 4.74 Å². The van der Waals surface area contributed by atoms with E-state index in [0.717, 1.165) is 0 Å². The van der Waals surface area contributed by atoms with Crippen LogP contribution in [0, 0.1) is 11.3 Å². The molecule has 70 valence electrons. The number of hydrogen-bond acceptors (Lipinski definition) is 3. The van der Waals surface area contributed by atoms with Crippen LogP contribution in [0.1, 0.15) is 27.2 Å². The van der Waals surface area contributed by atoms with Gasteiger partial charge < -0.3 is 10.1 Å². The molecular formula is C9H18N2O. The fourth-order valence-electron chi connectivity index (χ4n) is 1.11. The van der Waals surface area contributed by atoms with E-state index in [0.29, 0.717) is 6.42 Å². The van der Waals surface area contributed by atoms with E-state index in [1.807, 2.05) is 20.8 Å². The summed E-state index contributed by atoms with van der Waals surface area (Å²) in [6, 6.07) is 2.23. The van der Waals surface area contributed by atoms with Crippen molar-refractivity contribution in [1.82, 2.24) is 5.32 Å². The average Bonchev–Trinajstić information content (AvgIpc) is 2.04. The maximum atomic E-state index is 8.88. The Bertz CT molecular complexity index is 183. The molecule has 0 aliphatic heterocycles. The highest BCUT2D eigenvalue weighted by Crippen LogP contribution is 2.21. The van der Waals surface area contributed by atoms with Crippen LogP contribution in [0.25, 0.3) is 0 Å². The Morgan fingerprint density at radius 2 is 1.92 bits per heavy atom. The number of methoxy groups -OCH3 is 1. The summed E-state index contributed by atoms with van der Waals surface area (Å²) in [5.41, 5.74) is -0.757. The molecule has 3 nitrogen and oxygen atoms in total. The summed E-state index contributed by atoms with van der Waals surface area (Å²) in [6.07, 6.45) is 0.670. The molecule has 0 aromatic heterocycles. The summed E-state index contributed by atoms with van der Waals surface area (Å²) in [6.45, 7) is 5.81. The third-order valence-electron chi connectivity index (χ3n) is 2.13. The monoisotopic (exact) mass is 170 g/mol. The van der Waals surface area contributed by atoms with Crippen molar-refractivity contribution in [2.45, 2.75) is 38.3 Å². The molecule has 1 unspecified atom stereocenters. The fourth-order valence-corrected chi connectivity index (χ4v) is 1.11. The van der Waals surface area contributed by atoms with Gasteiger partial charge in [-0.1, -0.05) is 0 Å². The van der Waals surface area contributed by atoms with Crippen LogP contribution in [0.15, 0.2) is 0 Å². The van der Waals surface area contributed by atoms with Crippen LogP contribution >= 0.6 is 0 Å². The summed E-state index contributed by atoms with van der Waals surface area (Å²) in [5.74, 6) is 0. The van der Waals surface area contributed by atoms with Crippen LogP contribution in [0.2, 0.25) is 0 Å². The highest BCUT2D eigenvalue weighted by Gasteiger charge is 2.30. The molecule has 0 rings (SSSR count). The number of hydrogen-bond donors (Lipinski definition) is 1. The van der Waals surface area contributed by atoms with E-state index in [1.54, 1.807) is 14.2 Å². The molecule has 0 aliphatic carbocycles. The molecule has 0 aromatic carbocycles. The van der Waals surface area contributed by atoms with Crippen molar-refractivity contribution >= 4 is 0 Å². The standard InChI is InChI=1S/C9H18N2O/c1-8(2,12-5)6-9(3,7-10)11-4/h11H,6H2,1-5H3. The van der Waals surface area contributed by atoms with E-state index in [9.17, 15) is 0 Å². The zero-order valence-electron chi connectivity index (χ0n) is 8.56. The molecule has 1 N–H and O–H groups in total. The minimum absolute atomic E-state index is 0.256. The van der Waals surface area contributed by atoms with Crippen LogP contribution in [0.4, 0.5) is 0 Å². The molecule has 0 heterocycles. The zero-order valence-corrected chi connectivity index (χ0v) is 8.56. The van der Waals surface area contributed by atoms with Gasteiger partial charge in [0.1, 0.15) is 5.54 Å². The van der Waals surface area contributed by atoms with Crippen LogP contribution < -0.4 is 5.32 Å². The fraction of sp³-hybridized carbons (Fsp3) is 0.889. The molecule has 3 heteroatoms. The Kier molecular flexibility index (Phi) is 3.69. The molecule has 0 aliphatic rings. The van der Waals surface area contributed by atoms with Gasteiger partial charge in [0.15, 0.2) is 0 Å². The van der Waals surface area contributed by atoms with Crippen LogP contribution in [0.5, 0.6) is 0 Å². The Morgan fingerprint density at radius 1 is 1.42 bits per heavy atom. The van der Waals surface area contributed by atoms with Crippen molar-refractivity contribution in [1.29, 1.82) is 5.26 Å². The lowest BCUT2D eigenvalue weighted by atomic mass is 9.89. The average molecular weight is 170 g/mol. The minimum Gasteiger partial charge on any atom is -0.379 e.